The van der Waals surface area contributed by atoms with Gasteiger partial charge in [-0.25, -0.2) is 0 Å². The molecule has 1 N–H and O–H groups in total. The van der Waals surface area contributed by atoms with Gasteiger partial charge in [0, 0.05) is 6.61 Å². The molecule has 0 spiro atoms. The van der Waals surface area contributed by atoms with Crippen molar-refractivity contribution in [3.8, 4) is 0 Å². The molecule has 0 heterocycles. The SMILES string of the molecule is CCOCCC(=O)O.[H-].[Na+]. The van der Waals surface area contributed by atoms with Crippen LogP contribution >= 0.6 is 0 Å². The van der Waals surface area contributed by atoms with E-state index in [1.807, 2.05) is 6.92 Å². The van der Waals surface area contributed by atoms with Crippen LogP contribution < -0.4 is 29.6 Å². The van der Waals surface area contributed by atoms with E-state index in [1.54, 1.807) is 0 Å². The van der Waals surface area contributed by atoms with Crippen molar-refractivity contribution < 1.29 is 45.6 Å². The molecule has 4 heteroatoms. The molecule has 0 aromatic heterocycles. The zero-order chi connectivity index (χ0) is 6.41. The number of carbonyl (C=O) groups is 1. The van der Waals surface area contributed by atoms with Gasteiger partial charge in [-0.05, 0) is 6.92 Å². The Bertz CT molecular complexity index is 79.3. The largest absolute Gasteiger partial charge is 1.00 e. The van der Waals surface area contributed by atoms with Crippen LogP contribution in [0.15, 0.2) is 0 Å². The van der Waals surface area contributed by atoms with Crippen molar-refractivity contribution in [2.75, 3.05) is 13.2 Å². The molecule has 0 radical (unpaired) electrons. The standard InChI is InChI=1S/C5H10O3.Na.H/c1-2-8-4-3-5(6)7;;/h2-4H2,1H3,(H,6,7);;/q;+1;-1. The number of carboxylic acids is 1. The maximum Gasteiger partial charge on any atom is 1.00 e. The van der Waals surface area contributed by atoms with Gasteiger partial charge in [0.1, 0.15) is 0 Å². The summed E-state index contributed by atoms with van der Waals surface area (Å²) in [7, 11) is 0. The Labute approximate surface area is 78.2 Å². The number of rotatable bonds is 4. The molecule has 0 rings (SSSR count). The second-order valence-electron chi connectivity index (χ2n) is 1.34. The Kier molecular flexibility index (Phi) is 11.4. The number of hydrogen-bond acceptors (Lipinski definition) is 2. The minimum Gasteiger partial charge on any atom is -1.00 e. The summed E-state index contributed by atoms with van der Waals surface area (Å²) in [4.78, 5) is 9.79. The third kappa shape index (κ3) is 11.8. The summed E-state index contributed by atoms with van der Waals surface area (Å²) in [5.41, 5.74) is 0. The van der Waals surface area contributed by atoms with Crippen LogP contribution in [-0.4, -0.2) is 24.3 Å². The topological polar surface area (TPSA) is 46.5 Å². The molecule has 9 heavy (non-hydrogen) atoms. The van der Waals surface area contributed by atoms with Crippen molar-refractivity contribution in [1.82, 2.24) is 0 Å². The van der Waals surface area contributed by atoms with Gasteiger partial charge < -0.3 is 11.3 Å². The van der Waals surface area contributed by atoms with Crippen LogP contribution in [0.1, 0.15) is 14.8 Å². The zero-order valence-electron chi connectivity index (χ0n) is 6.89. The maximum absolute atomic E-state index is 9.79. The molecule has 3 nitrogen and oxygen atoms in total. The Morgan fingerprint density at radius 1 is 1.78 bits per heavy atom. The average Bonchev–Trinajstić information content (AvgIpc) is 1.66. The van der Waals surface area contributed by atoms with E-state index < -0.39 is 5.97 Å². The van der Waals surface area contributed by atoms with Crippen molar-refractivity contribution in [3.63, 3.8) is 0 Å². The summed E-state index contributed by atoms with van der Waals surface area (Å²) < 4.78 is 4.76. The first kappa shape index (κ1) is 12.1. The Morgan fingerprint density at radius 2 is 2.33 bits per heavy atom. The molecule has 0 unspecified atom stereocenters. The predicted molar refractivity (Wildman–Crippen MR) is 29.9 cm³/mol. The number of aliphatic carboxylic acids is 1. The first-order valence-corrected chi connectivity index (χ1v) is 2.57. The molecule has 0 fully saturated rings. The monoisotopic (exact) mass is 142 g/mol. The van der Waals surface area contributed by atoms with E-state index in [9.17, 15) is 4.79 Å². The smallest absolute Gasteiger partial charge is 1.00 e. The zero-order valence-corrected chi connectivity index (χ0v) is 7.89. The van der Waals surface area contributed by atoms with Gasteiger partial charge in [-0.15, -0.1) is 0 Å². The van der Waals surface area contributed by atoms with Gasteiger partial charge >= 0.3 is 35.5 Å². The van der Waals surface area contributed by atoms with E-state index in [0.29, 0.717) is 13.2 Å². The van der Waals surface area contributed by atoms with Gasteiger partial charge in [0.2, 0.25) is 0 Å². The predicted octanol–water partition coefficient (Wildman–Crippen LogP) is -2.39. The Morgan fingerprint density at radius 3 is 2.67 bits per heavy atom. The third-order valence-electron chi connectivity index (χ3n) is 0.664. The minimum atomic E-state index is -0.807. The van der Waals surface area contributed by atoms with E-state index in [4.69, 9.17) is 9.84 Å². The summed E-state index contributed by atoms with van der Waals surface area (Å²) in [5.74, 6) is -0.807. The molecule has 0 aliphatic heterocycles. The fourth-order valence-corrected chi connectivity index (χ4v) is 0.304. The van der Waals surface area contributed by atoms with E-state index in [1.165, 1.54) is 0 Å². The number of ether oxygens (including phenoxy) is 1. The molecule has 0 aliphatic carbocycles. The minimum absolute atomic E-state index is 0. The van der Waals surface area contributed by atoms with Crippen LogP contribution in [0.25, 0.3) is 0 Å². The van der Waals surface area contributed by atoms with E-state index in [0.717, 1.165) is 0 Å². The van der Waals surface area contributed by atoms with Gasteiger partial charge in [-0.2, -0.15) is 0 Å². The summed E-state index contributed by atoms with van der Waals surface area (Å²) in [6.45, 7) is 2.75. The summed E-state index contributed by atoms with van der Waals surface area (Å²) in [6.07, 6.45) is 0.105. The van der Waals surface area contributed by atoms with Gasteiger partial charge in [0.25, 0.3) is 0 Å². The number of hydrogen-bond donors (Lipinski definition) is 1. The number of carboxylic acid groups (broad SMARTS) is 1. The molecule has 0 saturated carbocycles. The van der Waals surface area contributed by atoms with Crippen molar-refractivity contribution in [2.45, 2.75) is 13.3 Å². The fourth-order valence-electron chi connectivity index (χ4n) is 0.304. The summed E-state index contributed by atoms with van der Waals surface area (Å²) in [6, 6.07) is 0. The Balaban J connectivity index is -0.000000245. The first-order valence-electron chi connectivity index (χ1n) is 2.57. The van der Waals surface area contributed by atoms with Gasteiger partial charge in [-0.1, -0.05) is 0 Å². The molecular weight excluding hydrogens is 131 g/mol. The van der Waals surface area contributed by atoms with Gasteiger partial charge in [0.05, 0.1) is 13.0 Å². The fraction of sp³-hybridized carbons (Fsp3) is 0.800. The summed E-state index contributed by atoms with van der Waals surface area (Å²) >= 11 is 0. The van der Waals surface area contributed by atoms with Crippen molar-refractivity contribution in [3.05, 3.63) is 0 Å². The van der Waals surface area contributed by atoms with Crippen LogP contribution in [0.4, 0.5) is 0 Å². The van der Waals surface area contributed by atoms with Crippen LogP contribution in [0.2, 0.25) is 0 Å². The molecular formula is C5H11NaO3. The normalized spacial score (nSPS) is 8.11. The van der Waals surface area contributed by atoms with Crippen molar-refractivity contribution in [2.24, 2.45) is 0 Å². The molecule has 0 saturated heterocycles. The quantitative estimate of drug-likeness (QED) is 0.352. The Hall–Kier alpha value is 0.430. The molecule has 0 atom stereocenters. The second kappa shape index (κ2) is 8.43. The van der Waals surface area contributed by atoms with Gasteiger partial charge in [-0.3, -0.25) is 4.79 Å². The first-order chi connectivity index (χ1) is 3.77. The molecule has 0 aromatic rings. The average molecular weight is 142 g/mol. The van der Waals surface area contributed by atoms with E-state index >= 15 is 0 Å². The molecule has 50 valence electrons. The van der Waals surface area contributed by atoms with E-state index in [2.05, 4.69) is 0 Å². The van der Waals surface area contributed by atoms with Crippen LogP contribution in [0.3, 0.4) is 0 Å². The third-order valence-corrected chi connectivity index (χ3v) is 0.664. The summed E-state index contributed by atoms with van der Waals surface area (Å²) in [5, 5.41) is 8.06. The van der Waals surface area contributed by atoms with Gasteiger partial charge in [0.15, 0.2) is 0 Å². The van der Waals surface area contributed by atoms with Crippen LogP contribution in [0, 0.1) is 0 Å². The molecule has 0 aliphatic rings. The molecule has 0 bridgehead atoms. The van der Waals surface area contributed by atoms with Crippen LogP contribution in [-0.2, 0) is 9.53 Å². The van der Waals surface area contributed by atoms with Crippen molar-refractivity contribution in [1.29, 1.82) is 0 Å². The van der Waals surface area contributed by atoms with Crippen molar-refractivity contribution >= 4 is 5.97 Å². The van der Waals surface area contributed by atoms with Crippen LogP contribution in [0.5, 0.6) is 0 Å². The molecule has 0 aromatic carbocycles. The maximum atomic E-state index is 9.79. The molecule has 0 amide bonds. The van der Waals surface area contributed by atoms with E-state index in [-0.39, 0.29) is 37.4 Å². The second-order valence-corrected chi connectivity index (χ2v) is 1.34.